The maximum Gasteiger partial charge on any atom is 0.416 e. The van der Waals surface area contributed by atoms with Gasteiger partial charge in [-0.15, -0.1) is 0 Å². The molecule has 2 heterocycles. The summed E-state index contributed by atoms with van der Waals surface area (Å²) < 4.78 is 108. The number of carbonyl (C=O) groups is 2. The minimum absolute atomic E-state index is 0.0317. The minimum atomic E-state index is -5.26. The Balaban J connectivity index is 1.48. The van der Waals surface area contributed by atoms with Crippen molar-refractivity contribution in [1.82, 2.24) is 20.1 Å². The third-order valence-electron chi connectivity index (χ3n) is 7.95. The molecule has 50 heavy (non-hydrogen) atoms. The summed E-state index contributed by atoms with van der Waals surface area (Å²) in [6, 6.07) is 6.98. The van der Waals surface area contributed by atoms with Crippen molar-refractivity contribution in [3.05, 3.63) is 98.4 Å². The Labute approximate surface area is 291 Å². The van der Waals surface area contributed by atoms with E-state index in [-0.39, 0.29) is 62.7 Å². The number of hydrogen-bond acceptors (Lipinski definition) is 6. The van der Waals surface area contributed by atoms with Crippen molar-refractivity contribution >= 4 is 50.5 Å². The van der Waals surface area contributed by atoms with Crippen LogP contribution >= 0.6 is 23.2 Å². The lowest BCUT2D eigenvalue weighted by Gasteiger charge is -2.18. The van der Waals surface area contributed by atoms with Gasteiger partial charge < -0.3 is 10.6 Å². The standard InChI is InChI=1S/C32H27Cl2F6N5O4S/c1-16-10-21(33)14-24(29(46)42-17(2)18-5-6-18)27(16)43-30(47)26-15-22(44-45(26)28-25(34)4-3-8-41-28)7-9-50(48,49)23-12-19(31(35,36)37)11-20(13-23)32(38,39)40/h3-4,8,10-15,17-18H,5-7,9H2,1-2H3,(H,42,46)(H,43,47). The van der Waals surface area contributed by atoms with Gasteiger partial charge in [0.05, 0.1) is 43.7 Å². The molecule has 1 atom stereocenters. The maximum absolute atomic E-state index is 13.8. The molecule has 2 amide bonds. The Morgan fingerprint density at radius 2 is 1.62 bits per heavy atom. The molecule has 266 valence electrons. The van der Waals surface area contributed by atoms with E-state index in [1.54, 1.807) is 6.92 Å². The highest BCUT2D eigenvalue weighted by Gasteiger charge is 2.38. The van der Waals surface area contributed by atoms with Crippen molar-refractivity contribution in [2.75, 3.05) is 11.1 Å². The maximum atomic E-state index is 13.8. The minimum Gasteiger partial charge on any atom is -0.349 e. The Bertz CT molecular complexity index is 2050. The van der Waals surface area contributed by atoms with E-state index in [9.17, 15) is 44.3 Å². The molecule has 4 aromatic rings. The molecule has 0 spiro atoms. The molecule has 0 saturated heterocycles. The van der Waals surface area contributed by atoms with Gasteiger partial charge in [0.25, 0.3) is 11.8 Å². The zero-order chi connectivity index (χ0) is 36.8. The molecule has 2 N–H and O–H groups in total. The van der Waals surface area contributed by atoms with Crippen LogP contribution in [0.4, 0.5) is 32.0 Å². The molecule has 0 radical (unpaired) electrons. The number of hydrogen-bond donors (Lipinski definition) is 2. The van der Waals surface area contributed by atoms with Crippen molar-refractivity contribution < 1.29 is 44.3 Å². The summed E-state index contributed by atoms with van der Waals surface area (Å²) in [6.07, 6.45) is -7.77. The number of nitrogens with one attached hydrogen (secondary N) is 2. The van der Waals surface area contributed by atoms with Gasteiger partial charge in [-0.2, -0.15) is 31.4 Å². The zero-order valence-electron chi connectivity index (χ0n) is 26.1. The normalized spacial score (nSPS) is 14.4. The predicted octanol–water partition coefficient (Wildman–Crippen LogP) is 7.72. The number of carbonyl (C=O) groups excluding carboxylic acids is 2. The average molecular weight is 763 g/mol. The van der Waals surface area contributed by atoms with Crippen LogP contribution in [0.2, 0.25) is 10.0 Å². The average Bonchev–Trinajstić information content (AvgIpc) is 3.79. The van der Waals surface area contributed by atoms with Crippen LogP contribution in [0.25, 0.3) is 5.82 Å². The summed E-state index contributed by atoms with van der Waals surface area (Å²) in [5, 5.41) is 10.1. The summed E-state index contributed by atoms with van der Waals surface area (Å²) in [7, 11) is -4.75. The van der Waals surface area contributed by atoms with E-state index in [1.165, 1.54) is 36.5 Å². The Morgan fingerprint density at radius 1 is 0.980 bits per heavy atom. The smallest absolute Gasteiger partial charge is 0.349 e. The molecule has 1 fully saturated rings. The largest absolute Gasteiger partial charge is 0.416 e. The number of pyridine rings is 1. The van der Waals surface area contributed by atoms with Gasteiger partial charge in [-0.05, 0) is 86.7 Å². The number of benzene rings is 2. The van der Waals surface area contributed by atoms with E-state index in [1.807, 2.05) is 6.92 Å². The summed E-state index contributed by atoms with van der Waals surface area (Å²) in [6.45, 7) is 3.48. The second-order valence-corrected chi connectivity index (χ2v) is 14.7. The van der Waals surface area contributed by atoms with Gasteiger partial charge in [0.1, 0.15) is 5.69 Å². The highest BCUT2D eigenvalue weighted by Crippen LogP contribution is 2.38. The van der Waals surface area contributed by atoms with E-state index < -0.39 is 62.2 Å². The van der Waals surface area contributed by atoms with Gasteiger partial charge in [0.15, 0.2) is 15.7 Å². The molecule has 0 bridgehead atoms. The lowest BCUT2D eigenvalue weighted by molar-refractivity contribution is -0.143. The summed E-state index contributed by atoms with van der Waals surface area (Å²) in [5.41, 5.74) is -3.27. The molecule has 5 rings (SSSR count). The van der Waals surface area contributed by atoms with Gasteiger partial charge >= 0.3 is 12.4 Å². The first-order valence-electron chi connectivity index (χ1n) is 14.9. The molecular weight excluding hydrogens is 735 g/mol. The molecule has 1 aliphatic rings. The Kier molecular flexibility index (Phi) is 10.3. The monoisotopic (exact) mass is 761 g/mol. The van der Waals surface area contributed by atoms with Crippen molar-refractivity contribution in [1.29, 1.82) is 0 Å². The molecule has 0 aliphatic heterocycles. The Hall–Kier alpha value is -4.15. The van der Waals surface area contributed by atoms with Crippen LogP contribution in [0.1, 0.15) is 63.0 Å². The van der Waals surface area contributed by atoms with E-state index in [0.29, 0.717) is 11.5 Å². The van der Waals surface area contributed by atoms with Gasteiger partial charge in [-0.25, -0.2) is 18.1 Å². The van der Waals surface area contributed by atoms with E-state index >= 15 is 0 Å². The number of sulfone groups is 1. The molecule has 2 aromatic carbocycles. The summed E-state index contributed by atoms with van der Waals surface area (Å²) in [4.78, 5) is 30.0. The molecule has 9 nitrogen and oxygen atoms in total. The number of amides is 2. The van der Waals surface area contributed by atoms with E-state index in [4.69, 9.17) is 23.2 Å². The highest BCUT2D eigenvalue weighted by atomic mass is 35.5. The van der Waals surface area contributed by atoms with Crippen molar-refractivity contribution in [2.24, 2.45) is 5.92 Å². The first-order valence-corrected chi connectivity index (χ1v) is 17.3. The highest BCUT2D eigenvalue weighted by molar-refractivity contribution is 7.91. The lowest BCUT2D eigenvalue weighted by atomic mass is 10.1. The third-order valence-corrected chi connectivity index (χ3v) is 10.2. The topological polar surface area (TPSA) is 123 Å². The molecular formula is C32H27Cl2F6N5O4S. The summed E-state index contributed by atoms with van der Waals surface area (Å²) >= 11 is 12.6. The third kappa shape index (κ3) is 8.41. The SMILES string of the molecule is Cc1cc(Cl)cc(C(=O)NC(C)C2CC2)c1NC(=O)c1cc(CCS(=O)(=O)c2cc(C(F)(F)F)cc(C(F)(F)F)c2)nn1-c1ncccc1Cl. The number of aromatic nitrogens is 3. The second kappa shape index (κ2) is 13.9. The molecule has 1 unspecified atom stereocenters. The quantitative estimate of drug-likeness (QED) is 0.160. The first-order chi connectivity index (χ1) is 23.2. The molecule has 1 saturated carbocycles. The fourth-order valence-electron chi connectivity index (χ4n) is 5.14. The number of nitrogens with zero attached hydrogens (tertiary/aromatic N) is 3. The van der Waals surface area contributed by atoms with Crippen molar-refractivity contribution in [2.45, 2.75) is 56.4 Å². The number of alkyl halides is 6. The van der Waals surface area contributed by atoms with Crippen molar-refractivity contribution in [3.8, 4) is 5.82 Å². The lowest BCUT2D eigenvalue weighted by Crippen LogP contribution is -2.34. The van der Waals surface area contributed by atoms with E-state index in [2.05, 4.69) is 20.7 Å². The predicted molar refractivity (Wildman–Crippen MR) is 172 cm³/mol. The zero-order valence-corrected chi connectivity index (χ0v) is 28.4. The molecule has 2 aromatic heterocycles. The Morgan fingerprint density at radius 3 is 2.20 bits per heavy atom. The molecule has 1 aliphatic carbocycles. The van der Waals surface area contributed by atoms with Crippen molar-refractivity contribution in [3.63, 3.8) is 0 Å². The number of rotatable bonds is 10. The van der Waals surface area contributed by atoms with Gasteiger partial charge in [0, 0.05) is 23.7 Å². The van der Waals surface area contributed by atoms with Crippen LogP contribution in [0.3, 0.4) is 0 Å². The van der Waals surface area contributed by atoms with Crippen LogP contribution in [-0.2, 0) is 28.6 Å². The van der Waals surface area contributed by atoms with Crippen LogP contribution < -0.4 is 10.6 Å². The summed E-state index contributed by atoms with van der Waals surface area (Å²) in [5.74, 6) is -2.02. The van der Waals surface area contributed by atoms with Gasteiger partial charge in [0.2, 0.25) is 0 Å². The fraction of sp³-hybridized carbons (Fsp3) is 0.312. The van der Waals surface area contributed by atoms with Gasteiger partial charge in [-0.3, -0.25) is 9.59 Å². The number of halogens is 8. The number of aryl methyl sites for hydroxylation is 2. The van der Waals surface area contributed by atoms with E-state index in [0.717, 1.165) is 17.5 Å². The van der Waals surface area contributed by atoms with Gasteiger partial charge in [-0.1, -0.05) is 23.2 Å². The van der Waals surface area contributed by atoms with Crippen LogP contribution in [0.15, 0.2) is 59.6 Å². The van der Waals surface area contributed by atoms with Crippen LogP contribution in [0, 0.1) is 12.8 Å². The second-order valence-electron chi connectivity index (χ2n) is 11.8. The van der Waals surface area contributed by atoms with Crippen LogP contribution in [0.5, 0.6) is 0 Å². The number of anilines is 1. The van der Waals surface area contributed by atoms with Crippen LogP contribution in [-0.4, -0.2) is 46.8 Å². The first kappa shape index (κ1) is 37.1. The molecule has 18 heteroatoms. The fourth-order valence-corrected chi connectivity index (χ4v) is 6.94.